The van der Waals surface area contributed by atoms with E-state index in [9.17, 15) is 4.79 Å². The highest BCUT2D eigenvalue weighted by Gasteiger charge is 2.16. The molecule has 0 saturated heterocycles. The van der Waals surface area contributed by atoms with Gasteiger partial charge in [0.1, 0.15) is 6.29 Å². The molecule has 0 heterocycles. The van der Waals surface area contributed by atoms with Crippen LogP contribution < -0.4 is 0 Å². The van der Waals surface area contributed by atoms with Gasteiger partial charge in [-0.2, -0.15) is 0 Å². The zero-order chi connectivity index (χ0) is 6.69. The minimum atomic E-state index is 0.377. The van der Waals surface area contributed by atoms with Crippen LogP contribution in [-0.4, -0.2) is 11.9 Å². The topological polar surface area (TPSA) is 17.1 Å². The summed E-state index contributed by atoms with van der Waals surface area (Å²) in [7, 11) is 2.83. The summed E-state index contributed by atoms with van der Waals surface area (Å²) in [4.78, 5) is 10.3. The van der Waals surface area contributed by atoms with Gasteiger partial charge < -0.3 is 4.79 Å². The summed E-state index contributed by atoms with van der Waals surface area (Å²) in [6, 6.07) is 0. The van der Waals surface area contributed by atoms with E-state index in [0.717, 1.165) is 24.8 Å². The van der Waals surface area contributed by atoms with E-state index < -0.39 is 0 Å². The molecule has 1 fully saturated rings. The highest BCUT2D eigenvalue weighted by molar-refractivity contribution is 7.17. The normalized spacial score (nSPS) is 36.1. The lowest BCUT2D eigenvalue weighted by Crippen LogP contribution is -2.14. The fourth-order valence-electron chi connectivity index (χ4n) is 1.28. The van der Waals surface area contributed by atoms with Crippen molar-refractivity contribution in [2.24, 2.45) is 5.92 Å². The molecule has 0 radical (unpaired) electrons. The van der Waals surface area contributed by atoms with Crippen molar-refractivity contribution in [1.29, 1.82) is 0 Å². The van der Waals surface area contributed by atoms with Crippen LogP contribution in [0.4, 0.5) is 0 Å². The molecular formula is C7H13OP. The molecule has 1 rings (SSSR count). The number of hydrogen-bond donors (Lipinski definition) is 0. The van der Waals surface area contributed by atoms with Gasteiger partial charge in [-0.3, -0.25) is 0 Å². The Balaban J connectivity index is 2.26. The van der Waals surface area contributed by atoms with Crippen molar-refractivity contribution in [2.45, 2.75) is 31.3 Å². The van der Waals surface area contributed by atoms with Gasteiger partial charge in [-0.05, 0) is 31.3 Å². The molecule has 2 heteroatoms. The first-order valence-electron chi connectivity index (χ1n) is 3.54. The number of hydrogen-bond acceptors (Lipinski definition) is 1. The van der Waals surface area contributed by atoms with Crippen LogP contribution in [0.25, 0.3) is 0 Å². The zero-order valence-corrected chi connectivity index (χ0v) is 6.70. The summed E-state index contributed by atoms with van der Waals surface area (Å²) in [5.74, 6) is 0.377. The standard InChI is InChI=1S/C7H13OP/c8-5-6-1-3-7(9)4-2-6/h5-7H,1-4,9H2. The fraction of sp³-hybridized carbons (Fsp3) is 0.857. The molecule has 0 aromatic heterocycles. The lowest BCUT2D eigenvalue weighted by molar-refractivity contribution is -0.111. The number of carbonyl (C=O) groups excluding carboxylic acids is 1. The molecule has 1 saturated carbocycles. The molecule has 0 spiro atoms. The van der Waals surface area contributed by atoms with E-state index in [1.54, 1.807) is 0 Å². The predicted octanol–water partition coefficient (Wildman–Crippen LogP) is 1.62. The highest BCUT2D eigenvalue weighted by atomic mass is 31.0. The minimum Gasteiger partial charge on any atom is -0.303 e. The van der Waals surface area contributed by atoms with Crippen LogP contribution >= 0.6 is 9.24 Å². The van der Waals surface area contributed by atoms with Gasteiger partial charge in [-0.25, -0.2) is 0 Å². The lowest BCUT2D eigenvalue weighted by atomic mass is 9.90. The van der Waals surface area contributed by atoms with E-state index in [-0.39, 0.29) is 0 Å². The quantitative estimate of drug-likeness (QED) is 0.403. The Morgan fingerprint density at radius 3 is 2.22 bits per heavy atom. The third-order valence-corrected chi connectivity index (χ3v) is 2.68. The highest BCUT2D eigenvalue weighted by Crippen LogP contribution is 2.27. The predicted molar refractivity (Wildman–Crippen MR) is 41.5 cm³/mol. The Hall–Kier alpha value is 0.100. The van der Waals surface area contributed by atoms with Crippen molar-refractivity contribution in [3.63, 3.8) is 0 Å². The van der Waals surface area contributed by atoms with E-state index in [1.807, 2.05) is 0 Å². The second kappa shape index (κ2) is 3.31. The molecular weight excluding hydrogens is 131 g/mol. The summed E-state index contributed by atoms with van der Waals surface area (Å²) >= 11 is 0. The molecule has 0 N–H and O–H groups in total. The van der Waals surface area contributed by atoms with Gasteiger partial charge in [0.05, 0.1) is 0 Å². The van der Waals surface area contributed by atoms with Gasteiger partial charge in [-0.1, -0.05) is 0 Å². The van der Waals surface area contributed by atoms with Crippen molar-refractivity contribution in [3.8, 4) is 0 Å². The molecule has 0 aliphatic heterocycles. The summed E-state index contributed by atoms with van der Waals surface area (Å²) in [5, 5.41) is 0. The second-order valence-electron chi connectivity index (χ2n) is 2.81. The molecule has 1 aliphatic rings. The van der Waals surface area contributed by atoms with Crippen LogP contribution in [0.15, 0.2) is 0 Å². The van der Waals surface area contributed by atoms with Crippen LogP contribution in [0, 0.1) is 5.92 Å². The molecule has 0 aromatic carbocycles. The van der Waals surface area contributed by atoms with Gasteiger partial charge in [-0.15, -0.1) is 9.24 Å². The largest absolute Gasteiger partial charge is 0.303 e. The Morgan fingerprint density at radius 1 is 1.22 bits per heavy atom. The van der Waals surface area contributed by atoms with Crippen molar-refractivity contribution in [1.82, 2.24) is 0 Å². The van der Waals surface area contributed by atoms with E-state index in [2.05, 4.69) is 9.24 Å². The smallest absolute Gasteiger partial charge is 0.123 e. The van der Waals surface area contributed by atoms with Crippen LogP contribution in [0.3, 0.4) is 0 Å². The Morgan fingerprint density at radius 2 is 1.78 bits per heavy atom. The van der Waals surface area contributed by atoms with Gasteiger partial charge in [0, 0.05) is 5.92 Å². The summed E-state index contributed by atoms with van der Waals surface area (Å²) in [6.07, 6.45) is 5.76. The van der Waals surface area contributed by atoms with Gasteiger partial charge >= 0.3 is 0 Å². The van der Waals surface area contributed by atoms with Crippen LogP contribution in [-0.2, 0) is 4.79 Å². The fourth-order valence-corrected chi connectivity index (χ4v) is 1.67. The summed E-state index contributed by atoms with van der Waals surface area (Å²) < 4.78 is 0. The van der Waals surface area contributed by atoms with Crippen LogP contribution in [0.1, 0.15) is 25.7 Å². The van der Waals surface area contributed by atoms with Gasteiger partial charge in [0.25, 0.3) is 0 Å². The molecule has 1 aliphatic carbocycles. The lowest BCUT2D eigenvalue weighted by Gasteiger charge is -2.21. The maximum Gasteiger partial charge on any atom is 0.123 e. The summed E-state index contributed by atoms with van der Waals surface area (Å²) in [5.41, 5.74) is 0.779. The van der Waals surface area contributed by atoms with Gasteiger partial charge in [0.2, 0.25) is 0 Å². The van der Waals surface area contributed by atoms with Crippen molar-refractivity contribution in [3.05, 3.63) is 0 Å². The number of carbonyl (C=O) groups is 1. The molecule has 0 aromatic rings. The minimum absolute atomic E-state index is 0.377. The van der Waals surface area contributed by atoms with Crippen LogP contribution in [0.2, 0.25) is 0 Å². The Labute approximate surface area is 58.4 Å². The second-order valence-corrected chi connectivity index (χ2v) is 3.75. The van der Waals surface area contributed by atoms with E-state index in [4.69, 9.17) is 0 Å². The third kappa shape index (κ3) is 2.06. The maximum absolute atomic E-state index is 10.3. The van der Waals surface area contributed by atoms with Crippen molar-refractivity contribution >= 4 is 15.5 Å². The summed E-state index contributed by atoms with van der Waals surface area (Å²) in [6.45, 7) is 0. The maximum atomic E-state index is 10.3. The van der Waals surface area contributed by atoms with E-state index in [0.29, 0.717) is 5.92 Å². The zero-order valence-electron chi connectivity index (χ0n) is 5.55. The number of aldehydes is 1. The van der Waals surface area contributed by atoms with E-state index >= 15 is 0 Å². The number of rotatable bonds is 1. The van der Waals surface area contributed by atoms with Crippen LogP contribution in [0.5, 0.6) is 0 Å². The molecule has 0 amide bonds. The average Bonchev–Trinajstić information content (AvgIpc) is 1.90. The van der Waals surface area contributed by atoms with E-state index in [1.165, 1.54) is 12.8 Å². The molecule has 1 unspecified atom stereocenters. The molecule has 1 atom stereocenters. The molecule has 9 heavy (non-hydrogen) atoms. The average molecular weight is 144 g/mol. The molecule has 1 nitrogen and oxygen atoms in total. The van der Waals surface area contributed by atoms with Gasteiger partial charge in [0.15, 0.2) is 0 Å². The first kappa shape index (κ1) is 7.21. The van der Waals surface area contributed by atoms with Crippen molar-refractivity contribution in [2.75, 3.05) is 0 Å². The Bertz CT molecular complexity index is 95.1. The SMILES string of the molecule is O=CC1CCC(P)CC1. The molecule has 52 valence electrons. The monoisotopic (exact) mass is 144 g/mol. The Kier molecular flexibility index (Phi) is 2.65. The molecule has 0 bridgehead atoms. The first-order chi connectivity index (χ1) is 4.33. The first-order valence-corrected chi connectivity index (χ1v) is 4.20. The van der Waals surface area contributed by atoms with Crippen molar-refractivity contribution < 1.29 is 4.79 Å². The third-order valence-electron chi connectivity index (χ3n) is 2.01.